The zero-order valence-corrected chi connectivity index (χ0v) is 12.5. The molecule has 1 heterocycles. The second kappa shape index (κ2) is 7.88. The SMILES string of the molecule is CCCCCCCCCn1ccc2ccccc2c1=O. The highest BCUT2D eigenvalue weighted by atomic mass is 16.1. The smallest absolute Gasteiger partial charge is 0.258 e. The third-order valence-corrected chi connectivity index (χ3v) is 3.89. The summed E-state index contributed by atoms with van der Waals surface area (Å²) in [5.41, 5.74) is 0.147. The number of unbranched alkanes of at least 4 members (excludes halogenated alkanes) is 6. The standard InChI is InChI=1S/C18H25NO/c1-2-3-4-5-6-7-10-14-19-15-13-16-11-8-9-12-17(16)18(19)20/h8-9,11-13,15H,2-7,10,14H2,1H3. The molecule has 20 heavy (non-hydrogen) atoms. The van der Waals surface area contributed by atoms with Crippen LogP contribution in [0.3, 0.4) is 0 Å². The Morgan fingerprint density at radius 3 is 2.40 bits per heavy atom. The maximum absolute atomic E-state index is 12.3. The van der Waals surface area contributed by atoms with E-state index in [0.29, 0.717) is 0 Å². The van der Waals surface area contributed by atoms with Gasteiger partial charge in [0.2, 0.25) is 0 Å². The molecule has 108 valence electrons. The van der Waals surface area contributed by atoms with Crippen molar-refractivity contribution in [1.29, 1.82) is 0 Å². The van der Waals surface area contributed by atoms with Crippen molar-refractivity contribution in [2.45, 2.75) is 58.4 Å². The molecule has 0 spiro atoms. The van der Waals surface area contributed by atoms with Crippen LogP contribution in [-0.2, 0) is 6.54 Å². The Morgan fingerprint density at radius 1 is 0.900 bits per heavy atom. The number of aromatic nitrogens is 1. The molecule has 2 rings (SSSR count). The molecule has 2 nitrogen and oxygen atoms in total. The van der Waals surface area contributed by atoms with Crippen molar-refractivity contribution in [2.75, 3.05) is 0 Å². The number of aryl methyl sites for hydroxylation is 1. The van der Waals surface area contributed by atoms with Crippen LogP contribution < -0.4 is 5.56 Å². The molecule has 1 aromatic carbocycles. The van der Waals surface area contributed by atoms with Gasteiger partial charge in [-0.15, -0.1) is 0 Å². The van der Waals surface area contributed by atoms with Crippen LogP contribution in [-0.4, -0.2) is 4.57 Å². The molecule has 0 N–H and O–H groups in total. The number of pyridine rings is 1. The molecule has 2 aromatic rings. The summed E-state index contributed by atoms with van der Waals surface area (Å²) in [4.78, 5) is 12.3. The Labute approximate surface area is 121 Å². The molecule has 0 fully saturated rings. The first-order valence-corrected chi connectivity index (χ1v) is 7.91. The number of hydrogen-bond donors (Lipinski definition) is 0. The van der Waals surface area contributed by atoms with E-state index in [4.69, 9.17) is 0 Å². The highest BCUT2D eigenvalue weighted by Gasteiger charge is 2.01. The maximum atomic E-state index is 12.3. The number of benzene rings is 1. The quantitative estimate of drug-likeness (QED) is 0.635. The second-order valence-electron chi connectivity index (χ2n) is 5.52. The molecular weight excluding hydrogens is 246 g/mol. The van der Waals surface area contributed by atoms with Crippen molar-refractivity contribution in [3.05, 3.63) is 46.9 Å². The van der Waals surface area contributed by atoms with Crippen LogP contribution in [0.15, 0.2) is 41.3 Å². The predicted octanol–water partition coefficient (Wildman–Crippen LogP) is 4.75. The van der Waals surface area contributed by atoms with Crippen LogP contribution in [0.1, 0.15) is 51.9 Å². The van der Waals surface area contributed by atoms with Crippen molar-refractivity contribution in [1.82, 2.24) is 4.57 Å². The van der Waals surface area contributed by atoms with Crippen LogP contribution in [0.5, 0.6) is 0 Å². The molecule has 2 heteroatoms. The van der Waals surface area contributed by atoms with Crippen LogP contribution in [0.4, 0.5) is 0 Å². The van der Waals surface area contributed by atoms with Gasteiger partial charge >= 0.3 is 0 Å². The molecular formula is C18H25NO. The summed E-state index contributed by atoms with van der Waals surface area (Å²) in [6.45, 7) is 3.09. The van der Waals surface area contributed by atoms with E-state index in [9.17, 15) is 4.79 Å². The Bertz CT molecular complexity index is 585. The molecule has 0 saturated heterocycles. The normalized spacial score (nSPS) is 11.1. The molecule has 0 unspecified atom stereocenters. The lowest BCUT2D eigenvalue weighted by Crippen LogP contribution is -2.19. The lowest BCUT2D eigenvalue weighted by Gasteiger charge is -2.07. The Morgan fingerprint density at radius 2 is 1.60 bits per heavy atom. The molecule has 0 bridgehead atoms. The van der Waals surface area contributed by atoms with Crippen molar-refractivity contribution >= 4 is 10.8 Å². The van der Waals surface area contributed by atoms with E-state index in [2.05, 4.69) is 6.92 Å². The summed E-state index contributed by atoms with van der Waals surface area (Å²) in [6, 6.07) is 9.86. The molecule has 0 amide bonds. The molecule has 0 aliphatic rings. The Hall–Kier alpha value is -1.57. The van der Waals surface area contributed by atoms with Gasteiger partial charge < -0.3 is 4.57 Å². The van der Waals surface area contributed by atoms with Gasteiger partial charge in [0.05, 0.1) is 0 Å². The highest BCUT2D eigenvalue weighted by Crippen LogP contribution is 2.10. The number of hydrogen-bond acceptors (Lipinski definition) is 1. The van der Waals surface area contributed by atoms with Crippen LogP contribution in [0.2, 0.25) is 0 Å². The van der Waals surface area contributed by atoms with E-state index in [1.165, 1.54) is 38.5 Å². The summed E-state index contributed by atoms with van der Waals surface area (Å²) in [5.74, 6) is 0. The first-order chi connectivity index (χ1) is 9.83. The van der Waals surface area contributed by atoms with Crippen LogP contribution in [0.25, 0.3) is 10.8 Å². The minimum absolute atomic E-state index is 0.147. The van der Waals surface area contributed by atoms with Crippen molar-refractivity contribution in [3.8, 4) is 0 Å². The van der Waals surface area contributed by atoms with E-state index in [0.717, 1.165) is 23.7 Å². The summed E-state index contributed by atoms with van der Waals surface area (Å²) >= 11 is 0. The van der Waals surface area contributed by atoms with Gasteiger partial charge in [0.15, 0.2) is 0 Å². The van der Waals surface area contributed by atoms with E-state index < -0.39 is 0 Å². The largest absolute Gasteiger partial charge is 0.315 e. The average molecular weight is 271 g/mol. The van der Waals surface area contributed by atoms with Gasteiger partial charge in [0, 0.05) is 18.1 Å². The zero-order chi connectivity index (χ0) is 14.2. The van der Waals surface area contributed by atoms with Crippen molar-refractivity contribution in [2.24, 2.45) is 0 Å². The van der Waals surface area contributed by atoms with Gasteiger partial charge in [-0.1, -0.05) is 63.6 Å². The van der Waals surface area contributed by atoms with Crippen molar-refractivity contribution < 1.29 is 0 Å². The lowest BCUT2D eigenvalue weighted by atomic mass is 10.1. The summed E-state index contributed by atoms with van der Waals surface area (Å²) < 4.78 is 1.86. The zero-order valence-electron chi connectivity index (χ0n) is 12.5. The minimum atomic E-state index is 0.147. The van der Waals surface area contributed by atoms with E-state index >= 15 is 0 Å². The highest BCUT2D eigenvalue weighted by molar-refractivity contribution is 5.81. The lowest BCUT2D eigenvalue weighted by molar-refractivity contribution is 0.544. The molecule has 0 saturated carbocycles. The second-order valence-corrected chi connectivity index (χ2v) is 5.52. The van der Waals surface area contributed by atoms with E-state index in [1.807, 2.05) is 41.1 Å². The van der Waals surface area contributed by atoms with Gasteiger partial charge in [-0.2, -0.15) is 0 Å². The first-order valence-electron chi connectivity index (χ1n) is 7.91. The molecule has 0 aliphatic heterocycles. The first kappa shape index (κ1) is 14.8. The maximum Gasteiger partial charge on any atom is 0.258 e. The molecule has 1 aromatic heterocycles. The summed E-state index contributed by atoms with van der Waals surface area (Å²) in [6.07, 6.45) is 10.9. The van der Waals surface area contributed by atoms with Crippen LogP contribution >= 0.6 is 0 Å². The van der Waals surface area contributed by atoms with Gasteiger partial charge in [-0.05, 0) is 23.9 Å². The topological polar surface area (TPSA) is 22.0 Å². The Balaban J connectivity index is 1.84. The summed E-state index contributed by atoms with van der Waals surface area (Å²) in [7, 11) is 0. The fourth-order valence-electron chi connectivity index (χ4n) is 2.65. The number of nitrogens with zero attached hydrogens (tertiary/aromatic N) is 1. The van der Waals surface area contributed by atoms with Gasteiger partial charge in [-0.25, -0.2) is 0 Å². The minimum Gasteiger partial charge on any atom is -0.315 e. The average Bonchev–Trinajstić information content (AvgIpc) is 2.49. The predicted molar refractivity (Wildman–Crippen MR) is 86.2 cm³/mol. The molecule has 0 aliphatic carbocycles. The Kier molecular flexibility index (Phi) is 5.85. The van der Waals surface area contributed by atoms with Gasteiger partial charge in [0.25, 0.3) is 5.56 Å². The number of fused-ring (bicyclic) bond motifs is 1. The fourth-order valence-corrected chi connectivity index (χ4v) is 2.65. The third-order valence-electron chi connectivity index (χ3n) is 3.89. The van der Waals surface area contributed by atoms with Gasteiger partial charge in [0.1, 0.15) is 0 Å². The fraction of sp³-hybridized carbons (Fsp3) is 0.500. The van der Waals surface area contributed by atoms with Gasteiger partial charge in [-0.3, -0.25) is 4.79 Å². The molecule has 0 atom stereocenters. The van der Waals surface area contributed by atoms with Crippen LogP contribution in [0, 0.1) is 0 Å². The molecule has 0 radical (unpaired) electrons. The third kappa shape index (κ3) is 3.96. The van der Waals surface area contributed by atoms with Crippen molar-refractivity contribution in [3.63, 3.8) is 0 Å². The van der Waals surface area contributed by atoms with E-state index in [1.54, 1.807) is 0 Å². The summed E-state index contributed by atoms with van der Waals surface area (Å²) in [5, 5.41) is 1.87. The number of rotatable bonds is 8. The van der Waals surface area contributed by atoms with E-state index in [-0.39, 0.29) is 5.56 Å². The monoisotopic (exact) mass is 271 g/mol.